The molecule has 0 aliphatic rings. The van der Waals surface area contributed by atoms with E-state index in [1.165, 1.54) is 5.56 Å². The SMILES string of the molecule is COc1cccc(C(C)NCc2cccc(-c3nc(C)no3)c2)c1. The molecule has 24 heavy (non-hydrogen) atoms. The number of ether oxygens (including phenoxy) is 1. The van der Waals surface area contributed by atoms with Crippen LogP contribution in [-0.4, -0.2) is 17.3 Å². The number of nitrogens with zero attached hydrogens (tertiary/aromatic N) is 2. The zero-order valence-electron chi connectivity index (χ0n) is 14.1. The fourth-order valence-corrected chi connectivity index (χ4v) is 2.53. The molecule has 3 aromatic rings. The lowest BCUT2D eigenvalue weighted by atomic mass is 10.1. The van der Waals surface area contributed by atoms with Crippen molar-refractivity contribution in [3.05, 3.63) is 65.5 Å². The summed E-state index contributed by atoms with van der Waals surface area (Å²) in [6, 6.07) is 16.4. The van der Waals surface area contributed by atoms with Gasteiger partial charge in [0, 0.05) is 18.2 Å². The second kappa shape index (κ2) is 7.27. The first-order chi connectivity index (χ1) is 11.7. The molecule has 1 aromatic heterocycles. The molecule has 0 aliphatic carbocycles. The number of benzene rings is 2. The van der Waals surface area contributed by atoms with Crippen molar-refractivity contribution in [2.45, 2.75) is 26.4 Å². The molecule has 0 aliphatic heterocycles. The van der Waals surface area contributed by atoms with E-state index in [9.17, 15) is 0 Å². The Bertz CT molecular complexity index is 814. The molecule has 1 unspecified atom stereocenters. The summed E-state index contributed by atoms with van der Waals surface area (Å²) in [6.45, 7) is 4.70. The molecule has 5 nitrogen and oxygen atoms in total. The number of aryl methyl sites for hydroxylation is 1. The van der Waals surface area contributed by atoms with E-state index < -0.39 is 0 Å². The molecule has 3 rings (SSSR count). The maximum absolute atomic E-state index is 5.28. The Balaban J connectivity index is 1.68. The van der Waals surface area contributed by atoms with Gasteiger partial charge >= 0.3 is 0 Å². The van der Waals surface area contributed by atoms with Crippen LogP contribution in [0.15, 0.2) is 53.1 Å². The summed E-state index contributed by atoms with van der Waals surface area (Å²) < 4.78 is 10.5. The van der Waals surface area contributed by atoms with Crippen LogP contribution in [0.4, 0.5) is 0 Å². The van der Waals surface area contributed by atoms with Gasteiger partial charge in [-0.3, -0.25) is 0 Å². The third-order valence-electron chi connectivity index (χ3n) is 3.91. The first-order valence-electron chi connectivity index (χ1n) is 7.92. The second-order valence-corrected chi connectivity index (χ2v) is 5.73. The number of hydrogen-bond acceptors (Lipinski definition) is 5. The normalized spacial score (nSPS) is 12.1. The van der Waals surface area contributed by atoms with Crippen LogP contribution in [-0.2, 0) is 6.54 Å². The van der Waals surface area contributed by atoms with Gasteiger partial charge in [0.2, 0.25) is 0 Å². The van der Waals surface area contributed by atoms with Gasteiger partial charge in [0.25, 0.3) is 5.89 Å². The van der Waals surface area contributed by atoms with Crippen LogP contribution in [0.1, 0.15) is 29.9 Å². The largest absolute Gasteiger partial charge is 0.497 e. The molecule has 0 radical (unpaired) electrons. The van der Waals surface area contributed by atoms with Crippen molar-refractivity contribution < 1.29 is 9.26 Å². The highest BCUT2D eigenvalue weighted by Crippen LogP contribution is 2.21. The highest BCUT2D eigenvalue weighted by Gasteiger charge is 2.09. The average Bonchev–Trinajstić information content (AvgIpc) is 3.06. The number of rotatable bonds is 6. The van der Waals surface area contributed by atoms with E-state index in [0.717, 1.165) is 23.4 Å². The number of methoxy groups -OCH3 is 1. The minimum Gasteiger partial charge on any atom is -0.497 e. The van der Waals surface area contributed by atoms with Gasteiger partial charge in [-0.15, -0.1) is 0 Å². The first kappa shape index (κ1) is 16.2. The lowest BCUT2D eigenvalue weighted by Crippen LogP contribution is -2.18. The zero-order valence-corrected chi connectivity index (χ0v) is 14.1. The highest BCUT2D eigenvalue weighted by molar-refractivity contribution is 5.54. The average molecular weight is 323 g/mol. The van der Waals surface area contributed by atoms with Crippen LogP contribution in [0.5, 0.6) is 5.75 Å². The Morgan fingerprint density at radius 1 is 1.17 bits per heavy atom. The van der Waals surface area contributed by atoms with Crippen LogP contribution in [0.25, 0.3) is 11.5 Å². The Hall–Kier alpha value is -2.66. The van der Waals surface area contributed by atoms with Crippen LogP contribution in [0, 0.1) is 6.92 Å². The molecule has 0 fully saturated rings. The van der Waals surface area contributed by atoms with Gasteiger partial charge in [0.15, 0.2) is 5.82 Å². The van der Waals surface area contributed by atoms with Gasteiger partial charge in [-0.1, -0.05) is 29.4 Å². The molecule has 1 heterocycles. The smallest absolute Gasteiger partial charge is 0.257 e. The van der Waals surface area contributed by atoms with Crippen molar-refractivity contribution in [2.24, 2.45) is 0 Å². The lowest BCUT2D eigenvalue weighted by molar-refractivity contribution is 0.413. The molecule has 124 valence electrons. The molecule has 1 atom stereocenters. The van der Waals surface area contributed by atoms with Gasteiger partial charge < -0.3 is 14.6 Å². The number of hydrogen-bond donors (Lipinski definition) is 1. The number of nitrogens with one attached hydrogen (secondary N) is 1. The van der Waals surface area contributed by atoms with Gasteiger partial charge in [0.1, 0.15) is 5.75 Å². The van der Waals surface area contributed by atoms with Crippen LogP contribution >= 0.6 is 0 Å². The zero-order chi connectivity index (χ0) is 16.9. The van der Waals surface area contributed by atoms with Crippen molar-refractivity contribution in [3.63, 3.8) is 0 Å². The van der Waals surface area contributed by atoms with E-state index in [0.29, 0.717) is 11.7 Å². The molecule has 2 aromatic carbocycles. The number of aromatic nitrogens is 2. The minimum absolute atomic E-state index is 0.217. The van der Waals surface area contributed by atoms with Gasteiger partial charge in [-0.2, -0.15) is 4.98 Å². The quantitative estimate of drug-likeness (QED) is 0.745. The molecule has 0 spiro atoms. The third-order valence-corrected chi connectivity index (χ3v) is 3.91. The fourth-order valence-electron chi connectivity index (χ4n) is 2.53. The van der Waals surface area contributed by atoms with Crippen LogP contribution < -0.4 is 10.1 Å². The lowest BCUT2D eigenvalue weighted by Gasteiger charge is -2.15. The van der Waals surface area contributed by atoms with E-state index in [4.69, 9.17) is 9.26 Å². The van der Waals surface area contributed by atoms with E-state index >= 15 is 0 Å². The predicted molar refractivity (Wildman–Crippen MR) is 92.7 cm³/mol. The van der Waals surface area contributed by atoms with Gasteiger partial charge in [0.05, 0.1) is 7.11 Å². The third kappa shape index (κ3) is 3.81. The van der Waals surface area contributed by atoms with Crippen LogP contribution in [0.3, 0.4) is 0 Å². The maximum Gasteiger partial charge on any atom is 0.257 e. The summed E-state index contributed by atoms with van der Waals surface area (Å²) in [5.74, 6) is 2.06. The Morgan fingerprint density at radius 2 is 2.00 bits per heavy atom. The van der Waals surface area contributed by atoms with Crippen molar-refractivity contribution >= 4 is 0 Å². The Labute approximate surface area is 141 Å². The molecule has 0 amide bonds. The monoisotopic (exact) mass is 323 g/mol. The molecule has 0 saturated carbocycles. The molecule has 0 bridgehead atoms. The summed E-state index contributed by atoms with van der Waals surface area (Å²) in [5, 5.41) is 7.37. The van der Waals surface area contributed by atoms with Crippen molar-refractivity contribution in [1.29, 1.82) is 0 Å². The van der Waals surface area contributed by atoms with E-state index in [1.54, 1.807) is 7.11 Å². The summed E-state index contributed by atoms with van der Waals surface area (Å²) >= 11 is 0. The van der Waals surface area contributed by atoms with Crippen molar-refractivity contribution in [3.8, 4) is 17.2 Å². The van der Waals surface area contributed by atoms with Crippen molar-refractivity contribution in [1.82, 2.24) is 15.5 Å². The minimum atomic E-state index is 0.217. The summed E-state index contributed by atoms with van der Waals surface area (Å²) in [4.78, 5) is 4.27. The topological polar surface area (TPSA) is 60.2 Å². The Morgan fingerprint density at radius 3 is 2.75 bits per heavy atom. The molecule has 1 N–H and O–H groups in total. The van der Waals surface area contributed by atoms with Crippen molar-refractivity contribution in [2.75, 3.05) is 7.11 Å². The predicted octanol–water partition coefficient (Wildman–Crippen LogP) is 3.90. The van der Waals surface area contributed by atoms with E-state index in [2.05, 4.69) is 46.6 Å². The summed E-state index contributed by atoms with van der Waals surface area (Å²) in [5.41, 5.74) is 3.29. The summed E-state index contributed by atoms with van der Waals surface area (Å²) in [6.07, 6.45) is 0. The molecular formula is C19H21N3O2. The second-order valence-electron chi connectivity index (χ2n) is 5.73. The maximum atomic E-state index is 5.28. The molecule has 5 heteroatoms. The van der Waals surface area contributed by atoms with E-state index in [1.807, 2.05) is 31.2 Å². The first-order valence-corrected chi connectivity index (χ1v) is 7.92. The van der Waals surface area contributed by atoms with E-state index in [-0.39, 0.29) is 6.04 Å². The van der Waals surface area contributed by atoms with Gasteiger partial charge in [-0.05, 0) is 49.2 Å². The fraction of sp³-hybridized carbons (Fsp3) is 0.263. The van der Waals surface area contributed by atoms with Crippen LogP contribution in [0.2, 0.25) is 0 Å². The molecular weight excluding hydrogens is 302 g/mol. The summed E-state index contributed by atoms with van der Waals surface area (Å²) in [7, 11) is 1.68. The Kier molecular flexibility index (Phi) is 4.91. The molecule has 0 saturated heterocycles. The highest BCUT2D eigenvalue weighted by atomic mass is 16.5. The standard InChI is InChI=1S/C19H21N3O2/c1-13(16-7-5-9-18(11-16)23-3)20-12-15-6-4-8-17(10-15)19-21-14(2)22-24-19/h4-11,13,20H,12H2,1-3H3. The van der Waals surface area contributed by atoms with Gasteiger partial charge in [-0.25, -0.2) is 0 Å².